The van der Waals surface area contributed by atoms with Crippen molar-refractivity contribution in [1.29, 1.82) is 0 Å². The maximum Gasteiger partial charge on any atom is 0.407 e. The zero-order valence-corrected chi connectivity index (χ0v) is 24.1. The van der Waals surface area contributed by atoms with Gasteiger partial charge < -0.3 is 24.6 Å². The number of hydrogen-bond donors (Lipinski definition) is 2. The first kappa shape index (κ1) is 30.1. The number of fused-ring (bicyclic) bond motifs is 3. The van der Waals surface area contributed by atoms with Crippen LogP contribution in [0.1, 0.15) is 41.6 Å². The van der Waals surface area contributed by atoms with Gasteiger partial charge in [-0.1, -0.05) is 66.6 Å². The number of piperidine rings is 3. The SMILES string of the molecule is C#CC1N2CCC(CC2)C1(O)c1ccc(OCCCOC(=O)CNC(=O)OCc2ccccc2)nc1Cc1ccccc1. The van der Waals surface area contributed by atoms with Crippen LogP contribution in [0, 0.1) is 18.3 Å². The van der Waals surface area contributed by atoms with Crippen LogP contribution >= 0.6 is 0 Å². The number of nitrogens with one attached hydrogen (secondary N) is 1. The molecule has 2 unspecified atom stereocenters. The maximum absolute atomic E-state index is 12.2. The summed E-state index contributed by atoms with van der Waals surface area (Å²) in [7, 11) is 0. The van der Waals surface area contributed by atoms with Crippen LogP contribution in [-0.4, -0.2) is 65.9 Å². The summed E-state index contributed by atoms with van der Waals surface area (Å²) in [4.78, 5) is 30.8. The number of rotatable bonds is 12. The molecule has 3 aliphatic rings. The highest BCUT2D eigenvalue weighted by Gasteiger charge is 2.54. The number of carbonyl (C=O) groups is 2. The second kappa shape index (κ2) is 14.2. The van der Waals surface area contributed by atoms with Gasteiger partial charge in [-0.3, -0.25) is 9.69 Å². The van der Waals surface area contributed by atoms with Crippen molar-refractivity contribution in [2.45, 2.75) is 43.9 Å². The number of terminal acetylenes is 1. The molecule has 224 valence electrons. The zero-order chi connectivity index (χ0) is 30.1. The number of carbonyl (C=O) groups excluding carboxylic acids is 2. The number of amides is 1. The van der Waals surface area contributed by atoms with Gasteiger partial charge in [0.25, 0.3) is 0 Å². The molecule has 2 atom stereocenters. The van der Waals surface area contributed by atoms with Crippen molar-refractivity contribution < 1.29 is 28.9 Å². The van der Waals surface area contributed by atoms with E-state index in [0.29, 0.717) is 18.7 Å². The first-order valence-electron chi connectivity index (χ1n) is 14.7. The summed E-state index contributed by atoms with van der Waals surface area (Å²) in [5, 5.41) is 14.5. The minimum absolute atomic E-state index is 0.0662. The summed E-state index contributed by atoms with van der Waals surface area (Å²) in [6.45, 7) is 2.00. The summed E-state index contributed by atoms with van der Waals surface area (Å²) in [5.74, 6) is 2.78. The molecule has 3 aromatic rings. The lowest BCUT2D eigenvalue weighted by Crippen LogP contribution is -2.63. The van der Waals surface area contributed by atoms with Crippen LogP contribution in [0.5, 0.6) is 5.88 Å². The third-order valence-electron chi connectivity index (χ3n) is 8.08. The summed E-state index contributed by atoms with van der Waals surface area (Å²) in [5.41, 5.74) is 2.22. The molecule has 3 aliphatic heterocycles. The third-order valence-corrected chi connectivity index (χ3v) is 8.08. The van der Waals surface area contributed by atoms with Crippen LogP contribution in [0.3, 0.4) is 0 Å². The van der Waals surface area contributed by atoms with Gasteiger partial charge in [0.15, 0.2) is 0 Å². The average Bonchev–Trinajstić information content (AvgIpc) is 3.04. The molecule has 3 saturated heterocycles. The number of benzene rings is 2. The molecule has 43 heavy (non-hydrogen) atoms. The number of ether oxygens (including phenoxy) is 3. The van der Waals surface area contributed by atoms with E-state index in [2.05, 4.69) is 16.1 Å². The number of nitrogens with zero attached hydrogens (tertiary/aromatic N) is 2. The van der Waals surface area contributed by atoms with Gasteiger partial charge in [0.2, 0.25) is 5.88 Å². The molecule has 9 nitrogen and oxygen atoms in total. The summed E-state index contributed by atoms with van der Waals surface area (Å²) < 4.78 is 16.2. The standard InChI is InChI=1S/C34H37N3O6/c1-2-30-34(40,27-16-18-37(30)19-17-27)28-14-15-31(36-29(28)22-25-10-5-3-6-11-25)41-20-9-21-42-32(38)23-35-33(39)43-24-26-12-7-4-8-13-26/h1,3-8,10-15,27,30,40H,9,16-24H2,(H,35,39). The van der Waals surface area contributed by atoms with Crippen LogP contribution in [0.15, 0.2) is 72.8 Å². The van der Waals surface area contributed by atoms with Gasteiger partial charge in [0.05, 0.1) is 18.9 Å². The second-order valence-electron chi connectivity index (χ2n) is 10.8. The molecule has 2 N–H and O–H groups in total. The number of esters is 1. The van der Waals surface area contributed by atoms with E-state index in [1.807, 2.05) is 66.7 Å². The molecule has 2 bridgehead atoms. The van der Waals surface area contributed by atoms with Crippen molar-refractivity contribution in [2.75, 3.05) is 32.8 Å². The van der Waals surface area contributed by atoms with E-state index in [9.17, 15) is 14.7 Å². The van der Waals surface area contributed by atoms with Gasteiger partial charge in [-0.2, -0.15) is 0 Å². The molecule has 4 heterocycles. The van der Waals surface area contributed by atoms with Gasteiger partial charge >= 0.3 is 12.1 Å². The second-order valence-corrected chi connectivity index (χ2v) is 10.8. The van der Waals surface area contributed by atoms with E-state index in [1.165, 1.54) is 0 Å². The summed E-state index contributed by atoms with van der Waals surface area (Å²) in [6.07, 6.45) is 8.00. The van der Waals surface area contributed by atoms with Crippen molar-refractivity contribution in [3.05, 3.63) is 95.2 Å². The molecular weight excluding hydrogens is 546 g/mol. The molecule has 1 aromatic heterocycles. The molecule has 0 radical (unpaired) electrons. The Bertz CT molecular complexity index is 1420. The number of aromatic nitrogens is 1. The Balaban J connectivity index is 1.13. The zero-order valence-electron chi connectivity index (χ0n) is 24.1. The fourth-order valence-electron chi connectivity index (χ4n) is 5.94. The van der Waals surface area contributed by atoms with Crippen LogP contribution in [-0.2, 0) is 32.9 Å². The van der Waals surface area contributed by atoms with Crippen molar-refractivity contribution in [1.82, 2.24) is 15.2 Å². The lowest BCUT2D eigenvalue weighted by molar-refractivity contribution is -0.143. The Labute approximate surface area is 252 Å². The summed E-state index contributed by atoms with van der Waals surface area (Å²) >= 11 is 0. The Morgan fingerprint density at radius 2 is 1.67 bits per heavy atom. The first-order chi connectivity index (χ1) is 21.0. The fraction of sp³-hybridized carbons (Fsp3) is 0.382. The van der Waals surface area contributed by atoms with Gasteiger partial charge in [-0.15, -0.1) is 6.42 Å². The Morgan fingerprint density at radius 3 is 2.37 bits per heavy atom. The Hall–Kier alpha value is -4.39. The molecule has 0 saturated carbocycles. The quantitative estimate of drug-likeness (QED) is 0.188. The van der Waals surface area contributed by atoms with Crippen molar-refractivity contribution >= 4 is 12.1 Å². The van der Waals surface area contributed by atoms with Crippen LogP contribution in [0.2, 0.25) is 0 Å². The van der Waals surface area contributed by atoms with Crippen molar-refractivity contribution in [2.24, 2.45) is 5.92 Å². The smallest absolute Gasteiger partial charge is 0.407 e. The van der Waals surface area contributed by atoms with Crippen molar-refractivity contribution in [3.8, 4) is 18.2 Å². The predicted molar refractivity (Wildman–Crippen MR) is 160 cm³/mol. The number of aliphatic hydroxyl groups is 1. The minimum atomic E-state index is -1.18. The highest BCUT2D eigenvalue weighted by molar-refractivity contribution is 5.77. The lowest BCUT2D eigenvalue weighted by atomic mass is 9.66. The lowest BCUT2D eigenvalue weighted by Gasteiger charge is -2.54. The fourth-order valence-corrected chi connectivity index (χ4v) is 5.94. The van der Waals surface area contributed by atoms with Crippen LogP contribution in [0.25, 0.3) is 0 Å². The largest absolute Gasteiger partial charge is 0.478 e. The molecule has 9 heteroatoms. The van der Waals surface area contributed by atoms with E-state index in [1.54, 1.807) is 6.07 Å². The topological polar surface area (TPSA) is 110 Å². The van der Waals surface area contributed by atoms with E-state index < -0.39 is 23.7 Å². The monoisotopic (exact) mass is 583 g/mol. The molecule has 1 amide bonds. The molecule has 0 spiro atoms. The van der Waals surface area contributed by atoms with Crippen LogP contribution in [0.4, 0.5) is 4.79 Å². The van der Waals surface area contributed by atoms with E-state index in [-0.39, 0.29) is 32.3 Å². The van der Waals surface area contributed by atoms with E-state index in [0.717, 1.165) is 48.3 Å². The summed E-state index contributed by atoms with van der Waals surface area (Å²) in [6, 6.07) is 22.5. The van der Waals surface area contributed by atoms with Crippen molar-refractivity contribution in [3.63, 3.8) is 0 Å². The predicted octanol–water partition coefficient (Wildman–Crippen LogP) is 3.83. The molecule has 6 rings (SSSR count). The normalized spacial score (nSPS) is 22.3. The maximum atomic E-state index is 12.2. The Morgan fingerprint density at radius 1 is 0.977 bits per heavy atom. The average molecular weight is 584 g/mol. The number of hydrogen-bond acceptors (Lipinski definition) is 8. The van der Waals surface area contributed by atoms with Gasteiger partial charge in [-0.05, 0) is 49.0 Å². The molecule has 3 fully saturated rings. The number of pyridine rings is 1. The van der Waals surface area contributed by atoms with Gasteiger partial charge in [-0.25, -0.2) is 9.78 Å². The molecular formula is C34H37N3O6. The van der Waals surface area contributed by atoms with Gasteiger partial charge in [0.1, 0.15) is 24.8 Å². The Kier molecular flexibility index (Phi) is 9.92. The minimum Gasteiger partial charge on any atom is -0.478 e. The molecule has 2 aromatic carbocycles. The number of alkyl carbamates (subject to hydrolysis) is 1. The van der Waals surface area contributed by atoms with Crippen LogP contribution < -0.4 is 10.1 Å². The van der Waals surface area contributed by atoms with Gasteiger partial charge in [0, 0.05) is 24.5 Å². The van der Waals surface area contributed by atoms with E-state index in [4.69, 9.17) is 25.6 Å². The third kappa shape index (κ3) is 7.34. The van der Waals surface area contributed by atoms with E-state index >= 15 is 0 Å². The highest BCUT2D eigenvalue weighted by atomic mass is 16.6. The highest BCUT2D eigenvalue weighted by Crippen LogP contribution is 2.47. The first-order valence-corrected chi connectivity index (χ1v) is 14.7. The molecule has 0 aliphatic carbocycles.